The summed E-state index contributed by atoms with van der Waals surface area (Å²) in [7, 11) is -2.53. The first-order chi connectivity index (χ1) is 30.6. The topological polar surface area (TPSA) is 9.72 Å². The average Bonchev–Trinajstić information content (AvgIpc) is 3.50. The van der Waals surface area contributed by atoms with E-state index in [2.05, 4.69) is 228 Å². The largest absolute Gasteiger partial charge is 0.334 e. The Bertz CT molecular complexity index is 2900. The standard InChI is InChI=1S/C59H60BN3Si/c1-56(2,3)39-27-31-41(32-28-39)61-47-23-17-25-51-54(47)60-53-49(61)37-43(63-46-22-14-13-21-45(46)58(7)35-15-16-36-59(58,63)8)38-50(53)62(42-33-29-40(30-34-42)57(4,5)6)48-24-18-26-52(55(48)60)64(51,9)44-19-11-10-12-20-44/h10-14,17-34,37-38H,15-16,35-36H2,1-9H3. The van der Waals surface area contributed by atoms with E-state index >= 15 is 0 Å². The highest BCUT2D eigenvalue weighted by molar-refractivity contribution is 7.21. The molecule has 4 aliphatic heterocycles. The summed E-state index contributed by atoms with van der Waals surface area (Å²) in [4.78, 5) is 8.11. The van der Waals surface area contributed by atoms with Crippen molar-refractivity contribution < 1.29 is 0 Å². The van der Waals surface area contributed by atoms with Gasteiger partial charge in [0.25, 0.3) is 6.71 Å². The van der Waals surface area contributed by atoms with Gasteiger partial charge < -0.3 is 14.7 Å². The monoisotopic (exact) mass is 849 g/mol. The second kappa shape index (κ2) is 13.4. The van der Waals surface area contributed by atoms with Crippen molar-refractivity contribution in [2.24, 2.45) is 0 Å². The highest BCUT2D eigenvalue weighted by Gasteiger charge is 2.59. The molecular weight excluding hydrogens is 790 g/mol. The molecule has 7 aromatic carbocycles. The van der Waals surface area contributed by atoms with Gasteiger partial charge in [0.05, 0.1) is 5.54 Å². The zero-order valence-corrected chi connectivity index (χ0v) is 40.2. The maximum Gasteiger partial charge on any atom is 0.251 e. The molecule has 1 aliphatic carbocycles. The Balaban J connectivity index is 1.21. The normalized spacial score (nSPS) is 21.1. The number of para-hydroxylation sites is 1. The van der Waals surface area contributed by atoms with Crippen LogP contribution in [0.5, 0.6) is 0 Å². The van der Waals surface area contributed by atoms with E-state index in [1.807, 2.05) is 0 Å². The smallest absolute Gasteiger partial charge is 0.251 e. The molecule has 5 heteroatoms. The zero-order chi connectivity index (χ0) is 44.1. The molecule has 1 saturated carbocycles. The van der Waals surface area contributed by atoms with Crippen molar-refractivity contribution >= 4 is 92.2 Å². The summed E-state index contributed by atoms with van der Waals surface area (Å²) in [6.45, 7) is 21.8. The number of hydrogen-bond donors (Lipinski definition) is 0. The van der Waals surface area contributed by atoms with Crippen LogP contribution in [0.2, 0.25) is 6.55 Å². The Labute approximate surface area is 382 Å². The Morgan fingerprint density at radius 2 is 0.969 bits per heavy atom. The molecule has 7 aromatic rings. The summed E-state index contributed by atoms with van der Waals surface area (Å²) in [6.07, 6.45) is 4.87. The first-order valence-electron chi connectivity index (χ1n) is 23.9. The van der Waals surface area contributed by atoms with E-state index in [0.717, 1.165) is 6.42 Å². The predicted octanol–water partition coefficient (Wildman–Crippen LogP) is 11.5. The molecule has 2 unspecified atom stereocenters. The quantitative estimate of drug-likeness (QED) is 0.163. The third-order valence-electron chi connectivity index (χ3n) is 16.8. The van der Waals surface area contributed by atoms with Crippen molar-refractivity contribution in [3.63, 3.8) is 0 Å². The van der Waals surface area contributed by atoms with Crippen molar-refractivity contribution in [2.75, 3.05) is 14.7 Å². The minimum atomic E-state index is -2.53. The molecule has 64 heavy (non-hydrogen) atoms. The lowest BCUT2D eigenvalue weighted by molar-refractivity contribution is 0.195. The van der Waals surface area contributed by atoms with Gasteiger partial charge in [0, 0.05) is 50.9 Å². The van der Waals surface area contributed by atoms with Crippen molar-refractivity contribution in [3.8, 4) is 0 Å². The van der Waals surface area contributed by atoms with Crippen LogP contribution in [0, 0.1) is 0 Å². The SMILES string of the molecule is CC(C)(C)c1ccc(N2c3cc(N4c5ccccc5C5(C)CCCCC45C)cc4c3B3c5c2cccc5[Si](C)(c2ccccc2)c2cccc(c23)N4c2ccc(C(C)(C)C)cc2)cc1. The third-order valence-corrected chi connectivity index (χ3v) is 21.3. The van der Waals surface area contributed by atoms with E-state index in [0.29, 0.717) is 0 Å². The Morgan fingerprint density at radius 1 is 0.484 bits per heavy atom. The molecule has 5 aliphatic rings. The van der Waals surface area contributed by atoms with E-state index < -0.39 is 8.07 Å². The first kappa shape index (κ1) is 39.8. The maximum absolute atomic E-state index is 2.79. The van der Waals surface area contributed by atoms with Gasteiger partial charge in [-0.1, -0.05) is 175 Å². The van der Waals surface area contributed by atoms with Crippen LogP contribution in [-0.2, 0) is 16.2 Å². The third kappa shape index (κ3) is 5.22. The number of nitrogens with zero attached hydrogens (tertiary/aromatic N) is 3. The average molecular weight is 850 g/mol. The van der Waals surface area contributed by atoms with Crippen molar-refractivity contribution in [1.82, 2.24) is 0 Å². The van der Waals surface area contributed by atoms with Gasteiger partial charge in [-0.15, -0.1) is 0 Å². The molecule has 1 fully saturated rings. The van der Waals surface area contributed by atoms with Crippen molar-refractivity contribution in [3.05, 3.63) is 168 Å². The lowest BCUT2D eigenvalue weighted by Gasteiger charge is -2.52. The Hall–Kier alpha value is -5.78. The summed E-state index contributed by atoms with van der Waals surface area (Å²) in [6, 6.07) is 59.7. The molecule has 4 heterocycles. The lowest BCUT2D eigenvalue weighted by atomic mass is 9.33. The van der Waals surface area contributed by atoms with Gasteiger partial charge in [-0.2, -0.15) is 0 Å². The van der Waals surface area contributed by atoms with Crippen LogP contribution in [0.15, 0.2) is 152 Å². The molecule has 318 valence electrons. The summed E-state index contributed by atoms with van der Waals surface area (Å²) >= 11 is 0. The van der Waals surface area contributed by atoms with E-state index in [1.165, 1.54) is 113 Å². The molecule has 0 bridgehead atoms. The van der Waals surface area contributed by atoms with Gasteiger partial charge >= 0.3 is 0 Å². The molecule has 0 spiro atoms. The van der Waals surface area contributed by atoms with Crippen molar-refractivity contribution in [1.29, 1.82) is 0 Å². The number of anilines is 8. The second-order valence-electron chi connectivity index (χ2n) is 22.2. The number of rotatable bonds is 4. The van der Waals surface area contributed by atoms with Crippen LogP contribution < -0.4 is 46.6 Å². The van der Waals surface area contributed by atoms with E-state index in [9.17, 15) is 0 Å². The molecule has 0 aromatic heterocycles. The summed E-state index contributed by atoms with van der Waals surface area (Å²) in [5.41, 5.74) is 18.9. The minimum absolute atomic E-state index is 0.0405. The number of benzene rings is 7. The van der Waals surface area contributed by atoms with Gasteiger partial charge in [0.2, 0.25) is 0 Å². The molecule has 2 atom stereocenters. The summed E-state index contributed by atoms with van der Waals surface area (Å²) in [5, 5.41) is 4.52. The summed E-state index contributed by atoms with van der Waals surface area (Å²) in [5.74, 6) is 0. The fourth-order valence-corrected chi connectivity index (χ4v) is 17.4. The lowest BCUT2D eigenvalue weighted by Crippen LogP contribution is -2.83. The van der Waals surface area contributed by atoms with Crippen molar-refractivity contribution in [2.45, 2.75) is 109 Å². The maximum atomic E-state index is 2.79. The Kier molecular flexibility index (Phi) is 8.32. The molecule has 0 radical (unpaired) electrons. The van der Waals surface area contributed by atoms with Crippen LogP contribution in [0.1, 0.15) is 97.8 Å². The van der Waals surface area contributed by atoms with E-state index in [1.54, 1.807) is 0 Å². The molecule has 3 nitrogen and oxygen atoms in total. The van der Waals surface area contributed by atoms with Gasteiger partial charge in [0.1, 0.15) is 8.07 Å². The van der Waals surface area contributed by atoms with E-state index in [4.69, 9.17) is 0 Å². The van der Waals surface area contributed by atoms with Crippen LogP contribution >= 0.6 is 0 Å². The number of hydrogen-bond acceptors (Lipinski definition) is 3. The fraction of sp³-hybridized carbons (Fsp3) is 0.288. The first-order valence-corrected chi connectivity index (χ1v) is 26.4. The van der Waals surface area contributed by atoms with E-state index in [-0.39, 0.29) is 28.5 Å². The van der Waals surface area contributed by atoms with Crippen LogP contribution in [0.4, 0.5) is 45.5 Å². The van der Waals surface area contributed by atoms with Gasteiger partial charge in [-0.3, -0.25) is 0 Å². The summed E-state index contributed by atoms with van der Waals surface area (Å²) < 4.78 is 0. The number of fused-ring (bicyclic) bond motifs is 3. The van der Waals surface area contributed by atoms with Crippen LogP contribution in [0.25, 0.3) is 0 Å². The molecule has 12 rings (SSSR count). The van der Waals surface area contributed by atoms with Gasteiger partial charge in [-0.05, 0) is 123 Å². The minimum Gasteiger partial charge on any atom is -0.334 e. The predicted molar refractivity (Wildman–Crippen MR) is 278 cm³/mol. The molecule has 0 saturated heterocycles. The molecule has 0 amide bonds. The Morgan fingerprint density at radius 3 is 1.50 bits per heavy atom. The van der Waals surface area contributed by atoms with Crippen LogP contribution in [-0.4, -0.2) is 20.3 Å². The second-order valence-corrected chi connectivity index (χ2v) is 26.1. The molecule has 0 N–H and O–H groups in total. The fourth-order valence-electron chi connectivity index (χ4n) is 13.2. The van der Waals surface area contributed by atoms with Gasteiger partial charge in [0.15, 0.2) is 0 Å². The van der Waals surface area contributed by atoms with Crippen LogP contribution in [0.3, 0.4) is 0 Å². The zero-order valence-electron chi connectivity index (χ0n) is 39.2. The molecular formula is C59H60BN3Si. The van der Waals surface area contributed by atoms with Gasteiger partial charge in [-0.25, -0.2) is 0 Å². The highest BCUT2D eigenvalue weighted by atomic mass is 28.3. The highest BCUT2D eigenvalue weighted by Crippen LogP contribution is 2.61.